The first-order valence-electron chi connectivity index (χ1n) is 6.63. The van der Waals surface area contributed by atoms with E-state index >= 15 is 0 Å². The molecule has 7 heteroatoms. The van der Waals surface area contributed by atoms with Crippen LogP contribution in [-0.4, -0.2) is 32.9 Å². The minimum absolute atomic E-state index is 0.0384. The molecule has 1 aromatic heterocycles. The van der Waals surface area contributed by atoms with Gasteiger partial charge in [0.15, 0.2) is 0 Å². The van der Waals surface area contributed by atoms with Crippen molar-refractivity contribution >= 4 is 5.91 Å². The summed E-state index contributed by atoms with van der Waals surface area (Å²) in [7, 11) is 0. The lowest BCUT2D eigenvalue weighted by Gasteiger charge is -2.23. The number of para-hydroxylation sites is 1. The molecule has 0 aliphatic heterocycles. The third-order valence-corrected chi connectivity index (χ3v) is 2.96. The predicted molar refractivity (Wildman–Crippen MR) is 78.4 cm³/mol. The fourth-order valence-electron chi connectivity index (χ4n) is 1.74. The van der Waals surface area contributed by atoms with E-state index in [1.807, 2.05) is 0 Å². The Kier molecular flexibility index (Phi) is 4.37. The Morgan fingerprint density at radius 3 is 2.64 bits per heavy atom. The molecule has 1 aromatic carbocycles. The average Bonchev–Trinajstić information content (AvgIpc) is 2.48. The van der Waals surface area contributed by atoms with E-state index in [0.717, 1.165) is 10.7 Å². The number of hydrogen-bond donors (Lipinski definition) is 2. The predicted octanol–water partition coefficient (Wildman–Crippen LogP) is 0.872. The van der Waals surface area contributed by atoms with E-state index in [2.05, 4.69) is 10.4 Å². The van der Waals surface area contributed by atoms with Crippen LogP contribution in [0.25, 0.3) is 5.69 Å². The van der Waals surface area contributed by atoms with Crippen LogP contribution in [0.5, 0.6) is 0 Å². The summed E-state index contributed by atoms with van der Waals surface area (Å²) in [4.78, 5) is 24.0. The lowest BCUT2D eigenvalue weighted by molar-refractivity contribution is 0.0862. The number of nitrogens with one attached hydrogen (secondary N) is 1. The van der Waals surface area contributed by atoms with E-state index in [-0.39, 0.29) is 18.0 Å². The molecule has 2 rings (SSSR count). The molecule has 2 N–H and O–H groups in total. The highest BCUT2D eigenvalue weighted by atomic mass is 19.1. The topological polar surface area (TPSA) is 84.2 Å². The van der Waals surface area contributed by atoms with Crippen LogP contribution in [0.1, 0.15) is 24.3 Å². The maximum atomic E-state index is 13.8. The molecule has 6 nitrogen and oxygen atoms in total. The molecule has 0 saturated heterocycles. The van der Waals surface area contributed by atoms with Crippen LogP contribution in [0.2, 0.25) is 0 Å². The van der Waals surface area contributed by atoms with Gasteiger partial charge in [-0.1, -0.05) is 12.1 Å². The van der Waals surface area contributed by atoms with Gasteiger partial charge in [0, 0.05) is 6.07 Å². The second-order valence-electron chi connectivity index (χ2n) is 5.42. The SMILES string of the molecule is CC(C)(CO)NC(=O)c1ccc(=O)n(-c2ccccc2F)n1. The van der Waals surface area contributed by atoms with Gasteiger partial charge < -0.3 is 10.4 Å². The number of benzene rings is 1. The van der Waals surface area contributed by atoms with Crippen LogP contribution in [0.4, 0.5) is 4.39 Å². The van der Waals surface area contributed by atoms with Crippen molar-refractivity contribution in [1.29, 1.82) is 0 Å². The summed E-state index contributed by atoms with van der Waals surface area (Å²) >= 11 is 0. The van der Waals surface area contributed by atoms with E-state index in [4.69, 9.17) is 5.11 Å². The van der Waals surface area contributed by atoms with Crippen LogP contribution in [0.15, 0.2) is 41.2 Å². The maximum absolute atomic E-state index is 13.8. The third-order valence-electron chi connectivity index (χ3n) is 2.96. The largest absolute Gasteiger partial charge is 0.394 e. The van der Waals surface area contributed by atoms with Crippen molar-refractivity contribution in [2.75, 3.05) is 6.61 Å². The number of carbonyl (C=O) groups is 1. The molecule has 0 aliphatic rings. The van der Waals surface area contributed by atoms with Gasteiger partial charge in [-0.25, -0.2) is 4.39 Å². The second-order valence-corrected chi connectivity index (χ2v) is 5.42. The van der Waals surface area contributed by atoms with E-state index in [1.165, 1.54) is 24.3 Å². The van der Waals surface area contributed by atoms with Gasteiger partial charge in [-0.15, -0.1) is 0 Å². The Labute approximate surface area is 126 Å². The summed E-state index contributed by atoms with van der Waals surface area (Å²) in [6, 6.07) is 8.04. The number of aliphatic hydroxyl groups excluding tert-OH is 1. The fourth-order valence-corrected chi connectivity index (χ4v) is 1.74. The number of hydrogen-bond acceptors (Lipinski definition) is 4. The van der Waals surface area contributed by atoms with Gasteiger partial charge in [0.1, 0.15) is 17.2 Å². The van der Waals surface area contributed by atoms with Crippen LogP contribution in [0, 0.1) is 5.82 Å². The van der Waals surface area contributed by atoms with Gasteiger partial charge in [-0.2, -0.15) is 9.78 Å². The van der Waals surface area contributed by atoms with E-state index in [9.17, 15) is 14.0 Å². The second kappa shape index (κ2) is 6.07. The number of carbonyl (C=O) groups excluding carboxylic acids is 1. The van der Waals surface area contributed by atoms with E-state index in [0.29, 0.717) is 0 Å². The van der Waals surface area contributed by atoms with Crippen molar-refractivity contribution < 1.29 is 14.3 Å². The number of rotatable bonds is 4. The van der Waals surface area contributed by atoms with Crippen molar-refractivity contribution in [3.05, 3.63) is 58.3 Å². The highest BCUT2D eigenvalue weighted by Crippen LogP contribution is 2.09. The Bertz CT molecular complexity index is 756. The molecule has 0 atom stereocenters. The molecule has 2 aromatic rings. The van der Waals surface area contributed by atoms with Crippen molar-refractivity contribution in [3.63, 3.8) is 0 Å². The van der Waals surface area contributed by atoms with Gasteiger partial charge in [-0.3, -0.25) is 9.59 Å². The van der Waals surface area contributed by atoms with Gasteiger partial charge in [0.2, 0.25) is 0 Å². The number of aliphatic hydroxyl groups is 1. The van der Waals surface area contributed by atoms with Gasteiger partial charge in [0.25, 0.3) is 11.5 Å². The molecule has 0 bridgehead atoms. The Hall–Kier alpha value is -2.54. The van der Waals surface area contributed by atoms with Crippen LogP contribution >= 0.6 is 0 Å². The normalized spacial score (nSPS) is 11.3. The summed E-state index contributed by atoms with van der Waals surface area (Å²) in [6.45, 7) is 3.02. The van der Waals surface area contributed by atoms with E-state index < -0.39 is 22.8 Å². The maximum Gasteiger partial charge on any atom is 0.272 e. The minimum atomic E-state index is -0.836. The van der Waals surface area contributed by atoms with Crippen molar-refractivity contribution in [2.24, 2.45) is 0 Å². The number of amides is 1. The van der Waals surface area contributed by atoms with Gasteiger partial charge >= 0.3 is 0 Å². The first kappa shape index (κ1) is 15.8. The minimum Gasteiger partial charge on any atom is -0.394 e. The molecular formula is C15H16FN3O3. The molecule has 1 heterocycles. The van der Waals surface area contributed by atoms with Crippen LogP contribution < -0.4 is 10.9 Å². The molecule has 0 spiro atoms. The summed E-state index contributed by atoms with van der Waals surface area (Å²) in [6.07, 6.45) is 0. The van der Waals surface area contributed by atoms with Crippen molar-refractivity contribution in [1.82, 2.24) is 15.1 Å². The molecule has 116 valence electrons. The zero-order valence-corrected chi connectivity index (χ0v) is 12.2. The van der Waals surface area contributed by atoms with Crippen LogP contribution in [-0.2, 0) is 0 Å². The number of aromatic nitrogens is 2. The molecule has 0 radical (unpaired) electrons. The monoisotopic (exact) mass is 305 g/mol. The quantitative estimate of drug-likeness (QED) is 0.878. The first-order chi connectivity index (χ1) is 10.3. The fraction of sp³-hybridized carbons (Fsp3) is 0.267. The van der Waals surface area contributed by atoms with E-state index in [1.54, 1.807) is 19.9 Å². The van der Waals surface area contributed by atoms with Crippen LogP contribution in [0.3, 0.4) is 0 Å². The number of halogens is 1. The lowest BCUT2D eigenvalue weighted by atomic mass is 10.1. The Morgan fingerprint density at radius 1 is 1.32 bits per heavy atom. The van der Waals surface area contributed by atoms with Crippen molar-refractivity contribution in [3.8, 4) is 5.69 Å². The Morgan fingerprint density at radius 2 is 2.00 bits per heavy atom. The standard InChI is InChI=1S/C15H16FN3O3/c1-15(2,9-20)17-14(22)11-7-8-13(21)19(18-11)12-6-4-3-5-10(12)16/h3-8,20H,9H2,1-2H3,(H,17,22). The molecular weight excluding hydrogens is 289 g/mol. The molecule has 0 unspecified atom stereocenters. The molecule has 0 saturated carbocycles. The first-order valence-corrected chi connectivity index (χ1v) is 6.63. The summed E-state index contributed by atoms with van der Waals surface area (Å²) in [5, 5.41) is 15.6. The van der Waals surface area contributed by atoms with Crippen molar-refractivity contribution in [2.45, 2.75) is 19.4 Å². The summed E-state index contributed by atoms with van der Waals surface area (Å²) < 4.78 is 14.6. The third kappa shape index (κ3) is 3.37. The van der Waals surface area contributed by atoms with Gasteiger partial charge in [0.05, 0.1) is 12.1 Å². The van der Waals surface area contributed by atoms with Gasteiger partial charge in [-0.05, 0) is 32.0 Å². The zero-order chi connectivity index (χ0) is 16.3. The smallest absolute Gasteiger partial charge is 0.272 e. The molecule has 22 heavy (non-hydrogen) atoms. The molecule has 0 fully saturated rings. The summed E-state index contributed by atoms with van der Waals surface area (Å²) in [5.74, 6) is -1.19. The summed E-state index contributed by atoms with van der Waals surface area (Å²) in [5.41, 5.74) is -1.48. The lowest BCUT2D eigenvalue weighted by Crippen LogP contribution is -2.46. The highest BCUT2D eigenvalue weighted by Gasteiger charge is 2.21. The molecule has 1 amide bonds. The zero-order valence-electron chi connectivity index (χ0n) is 12.2. The number of nitrogens with zero attached hydrogens (tertiary/aromatic N) is 2. The Balaban J connectivity index is 2.42. The molecule has 0 aliphatic carbocycles. The average molecular weight is 305 g/mol. The highest BCUT2D eigenvalue weighted by molar-refractivity contribution is 5.92.